The number of rotatable bonds is 18. The molecule has 4 aromatic carbocycles. The Morgan fingerprint density at radius 2 is 0.884 bits per heavy atom. The maximum absolute atomic E-state index is 13.6. The summed E-state index contributed by atoms with van der Waals surface area (Å²) in [7, 11) is 0. The van der Waals surface area contributed by atoms with Gasteiger partial charge in [0.25, 0.3) is 0 Å². The number of alkyl halides is 6. The lowest BCUT2D eigenvalue weighted by molar-refractivity contribution is -0.141. The summed E-state index contributed by atoms with van der Waals surface area (Å²) in [5.74, 6) is -1.75. The number of halogens is 6. The van der Waals surface area contributed by atoms with Crippen LogP contribution in [-0.4, -0.2) is 76.9 Å². The maximum Gasteiger partial charge on any atom is 0.416 e. The largest absolute Gasteiger partial charge is 0.460 e. The van der Waals surface area contributed by atoms with Crippen LogP contribution in [0, 0.1) is 22.7 Å². The Morgan fingerprint density at radius 1 is 0.551 bits per heavy atom. The van der Waals surface area contributed by atoms with Gasteiger partial charge >= 0.3 is 36.4 Å². The van der Waals surface area contributed by atoms with E-state index in [9.17, 15) is 56.0 Å². The van der Waals surface area contributed by atoms with Crippen LogP contribution < -0.4 is 20.4 Å². The van der Waals surface area contributed by atoms with Crippen molar-refractivity contribution in [1.29, 1.82) is 10.5 Å². The van der Waals surface area contributed by atoms with Gasteiger partial charge in [0.05, 0.1) is 109 Å². The summed E-state index contributed by atoms with van der Waals surface area (Å²) in [5, 5.41) is 23.8. The van der Waals surface area contributed by atoms with Crippen molar-refractivity contribution in [3.05, 3.63) is 153 Å². The fourth-order valence-electron chi connectivity index (χ4n) is 7.36. The summed E-state index contributed by atoms with van der Waals surface area (Å²) < 4.78 is 109. The molecule has 69 heavy (non-hydrogen) atoms. The van der Waals surface area contributed by atoms with Crippen molar-refractivity contribution >= 4 is 35.4 Å². The molecule has 21 heteroatoms. The Labute approximate surface area is 391 Å². The van der Waals surface area contributed by atoms with Gasteiger partial charge in [-0.25, -0.2) is 19.2 Å². The highest BCUT2D eigenvalue weighted by molar-refractivity contribution is 6.04. The molecule has 2 atom stereocenters. The molecule has 360 valence electrons. The second-order valence-corrected chi connectivity index (χ2v) is 15.1. The molecular formula is C48H42F6N6O9. The predicted octanol–water partition coefficient (Wildman–Crippen LogP) is 8.39. The summed E-state index contributed by atoms with van der Waals surface area (Å²) in [6, 6.07) is 20.5. The normalized spacial score (nSPS) is 16.4. The van der Waals surface area contributed by atoms with Gasteiger partial charge in [-0.05, 0) is 85.6 Å². The molecule has 0 spiro atoms. The molecule has 0 aliphatic carbocycles. The van der Waals surface area contributed by atoms with E-state index in [0.717, 1.165) is 46.2 Å². The molecule has 4 aromatic rings. The zero-order chi connectivity index (χ0) is 49.9. The first kappa shape index (κ1) is 50.7. The maximum atomic E-state index is 13.6. The standard InChI is InChI=1S/C48H42F6N6O9/c1-29-39(41(33-13-9-31(27-55)10-14-33)57-45(63)59(29)37-7-3-5-35(25-37)47(49,50)51)43(61)68-23-21-66-19-17-65-18-20-67-22-24-69-44(62)40-30(2)60(38-8-4-6-36(26-38)48(52,53)54)46(64)58-42(40)34-15-11-32(28-56)12-16-34/h3-16,25-26,41-42H,17-24H2,1-2H3,(H,57,63)(H,58,64). The number of nitrogens with zero attached hydrogens (tertiary/aromatic N) is 4. The van der Waals surface area contributed by atoms with Gasteiger partial charge in [-0.3, -0.25) is 9.80 Å². The average Bonchev–Trinajstić information content (AvgIpc) is 3.32. The number of hydrogen-bond acceptors (Lipinski definition) is 11. The molecule has 0 aromatic heterocycles. The van der Waals surface area contributed by atoms with Crippen LogP contribution in [0.25, 0.3) is 0 Å². The summed E-state index contributed by atoms with van der Waals surface area (Å²) in [5.41, 5.74) is -0.861. The molecule has 2 heterocycles. The molecule has 4 amide bonds. The molecule has 15 nitrogen and oxygen atoms in total. The Kier molecular flexibility index (Phi) is 16.4. The molecule has 2 N–H and O–H groups in total. The zero-order valence-corrected chi connectivity index (χ0v) is 36.8. The molecular weight excluding hydrogens is 919 g/mol. The molecule has 0 saturated heterocycles. The molecule has 0 fully saturated rings. The van der Waals surface area contributed by atoms with Gasteiger partial charge in [0, 0.05) is 11.4 Å². The van der Waals surface area contributed by atoms with Crippen molar-refractivity contribution in [2.24, 2.45) is 0 Å². The highest BCUT2D eigenvalue weighted by Gasteiger charge is 2.40. The van der Waals surface area contributed by atoms with Gasteiger partial charge in [-0.2, -0.15) is 36.9 Å². The van der Waals surface area contributed by atoms with Crippen LogP contribution in [0.2, 0.25) is 0 Å². The van der Waals surface area contributed by atoms with E-state index < -0.39 is 59.6 Å². The number of esters is 2. The molecule has 6 rings (SSSR count). The van der Waals surface area contributed by atoms with E-state index in [4.69, 9.17) is 23.7 Å². The van der Waals surface area contributed by atoms with Crippen LogP contribution in [0.15, 0.2) is 120 Å². The second-order valence-electron chi connectivity index (χ2n) is 15.1. The van der Waals surface area contributed by atoms with E-state index >= 15 is 0 Å². The SMILES string of the molecule is CC1=C(C(=O)OCCOCCOCCOCCOC(=O)C2=C(C)N(c3cccc(C(F)(F)F)c3)C(=O)NC2c2ccc(C#N)cc2)C(c2ccc(C#N)cc2)NC(=O)N1c1cccc(C(F)(F)F)c1. The fraction of sp³-hybridized carbons (Fsp3) is 0.292. The van der Waals surface area contributed by atoms with Crippen LogP contribution in [-0.2, 0) is 45.6 Å². The van der Waals surface area contributed by atoms with Gasteiger partial charge < -0.3 is 34.3 Å². The number of amides is 4. The highest BCUT2D eigenvalue weighted by atomic mass is 19.4. The minimum Gasteiger partial charge on any atom is -0.460 e. The molecule has 2 aliphatic rings. The molecule has 0 saturated carbocycles. The van der Waals surface area contributed by atoms with Gasteiger partial charge in [0.2, 0.25) is 0 Å². The minimum absolute atomic E-state index is 0.0240. The molecule has 0 bridgehead atoms. The number of urea groups is 2. The van der Waals surface area contributed by atoms with Crippen molar-refractivity contribution in [1.82, 2.24) is 10.6 Å². The summed E-state index contributed by atoms with van der Waals surface area (Å²) in [4.78, 5) is 55.7. The Balaban J connectivity index is 0.966. The third-order valence-electron chi connectivity index (χ3n) is 10.7. The quantitative estimate of drug-likeness (QED) is 0.0553. The first-order chi connectivity index (χ1) is 32.9. The van der Waals surface area contributed by atoms with E-state index in [1.54, 1.807) is 0 Å². The average molecular weight is 961 g/mol. The number of ether oxygens (including phenoxy) is 5. The lowest BCUT2D eigenvalue weighted by Crippen LogP contribution is -2.48. The number of benzene rings is 4. The monoisotopic (exact) mass is 960 g/mol. The lowest BCUT2D eigenvalue weighted by atomic mass is 9.94. The Hall–Kier alpha value is -7.72. The number of carbonyl (C=O) groups is 4. The van der Waals surface area contributed by atoms with Crippen molar-refractivity contribution in [3.8, 4) is 12.1 Å². The van der Waals surface area contributed by atoms with Gasteiger partial charge in [0.1, 0.15) is 13.2 Å². The smallest absolute Gasteiger partial charge is 0.416 e. The van der Waals surface area contributed by atoms with E-state index in [1.807, 2.05) is 12.1 Å². The number of nitriles is 2. The Morgan fingerprint density at radius 3 is 1.20 bits per heavy atom. The molecule has 2 aliphatic heterocycles. The first-order valence-corrected chi connectivity index (χ1v) is 21.0. The third kappa shape index (κ3) is 12.4. The number of nitrogens with one attached hydrogen (secondary N) is 2. The third-order valence-corrected chi connectivity index (χ3v) is 10.7. The van der Waals surface area contributed by atoms with Crippen LogP contribution in [0.3, 0.4) is 0 Å². The topological polar surface area (TPSA) is 193 Å². The van der Waals surface area contributed by atoms with E-state index in [1.165, 1.54) is 74.5 Å². The predicted molar refractivity (Wildman–Crippen MR) is 232 cm³/mol. The number of carbonyl (C=O) groups excluding carboxylic acids is 4. The fourth-order valence-corrected chi connectivity index (χ4v) is 7.36. The van der Waals surface area contributed by atoms with E-state index in [0.29, 0.717) is 22.3 Å². The first-order valence-electron chi connectivity index (χ1n) is 21.0. The van der Waals surface area contributed by atoms with E-state index in [2.05, 4.69) is 10.6 Å². The summed E-state index contributed by atoms with van der Waals surface area (Å²) >= 11 is 0. The van der Waals surface area contributed by atoms with Crippen molar-refractivity contribution in [2.75, 3.05) is 62.7 Å². The number of anilines is 2. The molecule has 0 radical (unpaired) electrons. The summed E-state index contributed by atoms with van der Waals surface area (Å²) in [6.45, 7) is 2.55. The molecule has 2 unspecified atom stereocenters. The van der Waals surface area contributed by atoms with Crippen LogP contribution in [0.1, 0.15) is 59.3 Å². The zero-order valence-electron chi connectivity index (χ0n) is 36.8. The minimum atomic E-state index is -4.69. The van der Waals surface area contributed by atoms with Crippen LogP contribution in [0.5, 0.6) is 0 Å². The van der Waals surface area contributed by atoms with Gasteiger partial charge in [-0.1, -0.05) is 36.4 Å². The number of hydrogen-bond donors (Lipinski definition) is 2. The van der Waals surface area contributed by atoms with Crippen molar-refractivity contribution < 1.29 is 69.2 Å². The van der Waals surface area contributed by atoms with Gasteiger partial charge in [0.15, 0.2) is 0 Å². The number of allylic oxidation sites excluding steroid dienone is 2. The lowest BCUT2D eigenvalue weighted by Gasteiger charge is -2.35. The van der Waals surface area contributed by atoms with Crippen LogP contribution in [0.4, 0.5) is 47.3 Å². The van der Waals surface area contributed by atoms with E-state index in [-0.39, 0.29) is 86.8 Å². The Bertz CT molecular complexity index is 2510. The highest BCUT2D eigenvalue weighted by Crippen LogP contribution is 2.39. The summed E-state index contributed by atoms with van der Waals surface area (Å²) in [6.07, 6.45) is -9.39. The van der Waals surface area contributed by atoms with Crippen LogP contribution >= 0.6 is 0 Å². The van der Waals surface area contributed by atoms with Crippen molar-refractivity contribution in [2.45, 2.75) is 38.3 Å². The second kappa shape index (κ2) is 22.4. The van der Waals surface area contributed by atoms with Gasteiger partial charge in [-0.15, -0.1) is 0 Å². The van der Waals surface area contributed by atoms with Crippen molar-refractivity contribution in [3.63, 3.8) is 0 Å².